The van der Waals surface area contributed by atoms with E-state index in [1.807, 2.05) is 23.2 Å². The molecule has 3 rings (SSSR count). The van der Waals surface area contributed by atoms with Crippen LogP contribution in [0.4, 0.5) is 0 Å². The lowest BCUT2D eigenvalue weighted by Crippen LogP contribution is -3.12. The van der Waals surface area contributed by atoms with Crippen LogP contribution in [0.15, 0.2) is 23.6 Å². The van der Waals surface area contributed by atoms with Crippen molar-refractivity contribution in [1.29, 1.82) is 0 Å². The van der Waals surface area contributed by atoms with Crippen molar-refractivity contribution in [2.75, 3.05) is 47.4 Å². The zero-order chi connectivity index (χ0) is 17.8. The minimum atomic E-state index is -0.164. The summed E-state index contributed by atoms with van der Waals surface area (Å²) >= 11 is 1.44. The normalized spacial score (nSPS) is 15.8. The average molecular weight is 363 g/mol. The number of hydrogen-bond donors (Lipinski definition) is 2. The lowest BCUT2D eigenvalue weighted by atomic mass is 10.2. The van der Waals surface area contributed by atoms with Crippen LogP contribution in [0.25, 0.3) is 10.6 Å². The molecule has 1 fully saturated rings. The lowest BCUT2D eigenvalue weighted by Gasteiger charge is -2.29. The highest BCUT2D eigenvalue weighted by Crippen LogP contribution is 2.33. The number of ether oxygens (including phenoxy) is 2. The standard InChI is InChI=1S/C17H22N4O3S/c1-20-6-8-21(9-7-20)19-16(22)13-11-25-17(18-13)12-4-5-14(23-2)15(10-12)24-3/h4-5,10-11H,6-9H2,1-3H3,(H,19,22)/p+1. The van der Waals surface area contributed by atoms with Gasteiger partial charge in [-0.25, -0.2) is 9.99 Å². The molecule has 1 aromatic heterocycles. The van der Waals surface area contributed by atoms with Crippen LogP contribution in [0.3, 0.4) is 0 Å². The maximum absolute atomic E-state index is 12.4. The first-order valence-electron chi connectivity index (χ1n) is 8.16. The molecule has 1 aliphatic heterocycles. The zero-order valence-corrected chi connectivity index (χ0v) is 15.5. The van der Waals surface area contributed by atoms with Gasteiger partial charge in [0.05, 0.1) is 47.4 Å². The van der Waals surface area contributed by atoms with Crippen LogP contribution in [0.2, 0.25) is 0 Å². The smallest absolute Gasteiger partial charge is 0.285 e. The van der Waals surface area contributed by atoms with E-state index in [1.165, 1.54) is 16.2 Å². The van der Waals surface area contributed by atoms with Crippen LogP contribution in [0.1, 0.15) is 10.5 Å². The van der Waals surface area contributed by atoms with Crippen LogP contribution in [-0.4, -0.2) is 63.3 Å². The molecule has 0 unspecified atom stereocenters. The van der Waals surface area contributed by atoms with Crippen LogP contribution in [0.5, 0.6) is 11.5 Å². The topological polar surface area (TPSA) is 68.1 Å². The van der Waals surface area contributed by atoms with Crippen molar-refractivity contribution in [1.82, 2.24) is 15.4 Å². The number of aromatic nitrogens is 1. The molecule has 0 aliphatic carbocycles. The van der Waals surface area contributed by atoms with E-state index >= 15 is 0 Å². The number of nitrogens with one attached hydrogen (secondary N) is 2. The van der Waals surface area contributed by atoms with Crippen molar-refractivity contribution in [3.63, 3.8) is 0 Å². The van der Waals surface area contributed by atoms with Crippen molar-refractivity contribution >= 4 is 17.2 Å². The minimum absolute atomic E-state index is 0.164. The highest BCUT2D eigenvalue weighted by molar-refractivity contribution is 7.13. The van der Waals surface area contributed by atoms with E-state index in [9.17, 15) is 4.79 Å². The summed E-state index contributed by atoms with van der Waals surface area (Å²) in [6.45, 7) is 3.75. The van der Waals surface area contributed by atoms with Gasteiger partial charge in [0.1, 0.15) is 10.7 Å². The molecular weight excluding hydrogens is 340 g/mol. The Morgan fingerprint density at radius 2 is 1.96 bits per heavy atom. The highest BCUT2D eigenvalue weighted by atomic mass is 32.1. The molecule has 25 heavy (non-hydrogen) atoms. The Morgan fingerprint density at radius 3 is 2.64 bits per heavy atom. The minimum Gasteiger partial charge on any atom is -0.493 e. The summed E-state index contributed by atoms with van der Waals surface area (Å²) in [5, 5.41) is 4.52. The Labute approximate surface area is 151 Å². The molecule has 7 nitrogen and oxygen atoms in total. The van der Waals surface area contributed by atoms with E-state index in [1.54, 1.807) is 19.6 Å². The van der Waals surface area contributed by atoms with Gasteiger partial charge in [-0.05, 0) is 18.2 Å². The number of nitrogens with zero attached hydrogens (tertiary/aromatic N) is 2. The van der Waals surface area contributed by atoms with Crippen molar-refractivity contribution in [3.8, 4) is 22.1 Å². The van der Waals surface area contributed by atoms with Gasteiger partial charge >= 0.3 is 0 Å². The molecule has 1 aromatic carbocycles. The van der Waals surface area contributed by atoms with Crippen molar-refractivity contribution in [2.24, 2.45) is 0 Å². The first-order valence-corrected chi connectivity index (χ1v) is 9.04. The van der Waals surface area contributed by atoms with Crippen LogP contribution < -0.4 is 19.8 Å². The van der Waals surface area contributed by atoms with Gasteiger partial charge in [0.25, 0.3) is 5.91 Å². The van der Waals surface area contributed by atoms with E-state index in [4.69, 9.17) is 9.47 Å². The molecule has 1 aliphatic rings. The molecule has 0 spiro atoms. The van der Waals surface area contributed by atoms with Gasteiger partial charge in [-0.15, -0.1) is 11.3 Å². The first kappa shape index (κ1) is 17.7. The summed E-state index contributed by atoms with van der Waals surface area (Å²) in [7, 11) is 5.36. The lowest BCUT2D eigenvalue weighted by molar-refractivity contribution is -0.884. The number of quaternary nitrogens is 1. The molecule has 2 N–H and O–H groups in total. The molecule has 2 heterocycles. The van der Waals surface area contributed by atoms with E-state index in [2.05, 4.69) is 17.5 Å². The number of carbonyl (C=O) groups excluding carboxylic acids is 1. The number of methoxy groups -OCH3 is 2. The molecule has 0 atom stereocenters. The number of thiazole rings is 1. The summed E-state index contributed by atoms with van der Waals surface area (Å²) in [6, 6.07) is 5.61. The number of hydrazine groups is 1. The number of carbonyl (C=O) groups is 1. The highest BCUT2D eigenvalue weighted by Gasteiger charge is 2.20. The Kier molecular flexibility index (Phi) is 5.52. The second-order valence-electron chi connectivity index (χ2n) is 5.99. The van der Waals surface area contributed by atoms with Gasteiger partial charge in [0, 0.05) is 10.9 Å². The van der Waals surface area contributed by atoms with E-state index in [-0.39, 0.29) is 5.91 Å². The molecule has 1 amide bonds. The third-order valence-corrected chi connectivity index (χ3v) is 5.14. The molecule has 0 bridgehead atoms. The molecule has 134 valence electrons. The SMILES string of the molecule is COc1ccc(-c2nc(C(=O)NN3CC[NH+](C)CC3)cs2)cc1OC. The Bertz CT molecular complexity index is 741. The fourth-order valence-corrected chi connectivity index (χ4v) is 3.48. The summed E-state index contributed by atoms with van der Waals surface area (Å²) in [5.74, 6) is 1.14. The summed E-state index contributed by atoms with van der Waals surface area (Å²) in [4.78, 5) is 18.4. The first-order chi connectivity index (χ1) is 12.1. The summed E-state index contributed by atoms with van der Waals surface area (Å²) in [5.41, 5.74) is 4.27. The number of likely N-dealkylation sites (N-methyl/N-ethyl adjacent to an activating group) is 1. The van der Waals surface area contributed by atoms with Crippen molar-refractivity contribution in [2.45, 2.75) is 0 Å². The quantitative estimate of drug-likeness (QED) is 0.800. The number of benzene rings is 1. The van der Waals surface area contributed by atoms with Crippen molar-refractivity contribution < 1.29 is 19.2 Å². The zero-order valence-electron chi connectivity index (χ0n) is 14.7. The summed E-state index contributed by atoms with van der Waals surface area (Å²) in [6.07, 6.45) is 0. The number of hydrogen-bond acceptors (Lipinski definition) is 6. The monoisotopic (exact) mass is 363 g/mol. The molecule has 8 heteroatoms. The predicted octanol–water partition coefficient (Wildman–Crippen LogP) is 0.302. The Morgan fingerprint density at radius 1 is 1.24 bits per heavy atom. The van der Waals surface area contributed by atoms with Gasteiger partial charge in [-0.2, -0.15) is 0 Å². The van der Waals surface area contributed by atoms with Gasteiger partial charge in [0.2, 0.25) is 0 Å². The predicted molar refractivity (Wildman–Crippen MR) is 96.3 cm³/mol. The van der Waals surface area contributed by atoms with Gasteiger partial charge in [-0.3, -0.25) is 10.2 Å². The Hall–Kier alpha value is -2.16. The van der Waals surface area contributed by atoms with E-state index in [0.717, 1.165) is 36.8 Å². The second-order valence-corrected chi connectivity index (χ2v) is 6.85. The molecule has 1 saturated heterocycles. The molecular formula is C17H23N4O3S+. The fraction of sp³-hybridized carbons (Fsp3) is 0.412. The Balaban J connectivity index is 1.70. The number of piperazine rings is 1. The molecule has 2 aromatic rings. The van der Waals surface area contributed by atoms with Gasteiger partial charge in [-0.1, -0.05) is 0 Å². The van der Waals surface area contributed by atoms with Crippen LogP contribution in [-0.2, 0) is 0 Å². The van der Waals surface area contributed by atoms with E-state index in [0.29, 0.717) is 17.2 Å². The van der Waals surface area contributed by atoms with Gasteiger partial charge in [0.15, 0.2) is 11.5 Å². The summed E-state index contributed by atoms with van der Waals surface area (Å²) < 4.78 is 10.6. The van der Waals surface area contributed by atoms with E-state index < -0.39 is 0 Å². The third kappa shape index (κ3) is 4.09. The second kappa shape index (κ2) is 7.81. The largest absolute Gasteiger partial charge is 0.493 e. The third-order valence-electron chi connectivity index (χ3n) is 4.24. The molecule has 0 radical (unpaired) electrons. The van der Waals surface area contributed by atoms with Gasteiger partial charge < -0.3 is 14.4 Å². The molecule has 0 saturated carbocycles. The number of rotatable bonds is 5. The van der Waals surface area contributed by atoms with Crippen molar-refractivity contribution in [3.05, 3.63) is 29.3 Å². The maximum Gasteiger partial charge on any atom is 0.285 e. The van der Waals surface area contributed by atoms with Crippen LogP contribution >= 0.6 is 11.3 Å². The van der Waals surface area contributed by atoms with Crippen LogP contribution in [0, 0.1) is 0 Å². The fourth-order valence-electron chi connectivity index (χ4n) is 2.68. The average Bonchev–Trinajstić information content (AvgIpc) is 3.13. The maximum atomic E-state index is 12.4. The number of amides is 1.